The van der Waals surface area contributed by atoms with Crippen LogP contribution < -0.4 is 0 Å². The first-order valence-corrected chi connectivity index (χ1v) is 22.9. The zero-order chi connectivity index (χ0) is 42.2. The third-order valence-electron chi connectivity index (χ3n) is 13.3. The van der Waals surface area contributed by atoms with E-state index in [2.05, 4.69) is 166 Å². The summed E-state index contributed by atoms with van der Waals surface area (Å²) in [5, 5.41) is 23.5. The summed E-state index contributed by atoms with van der Waals surface area (Å²) in [6.07, 6.45) is 0. The molecule has 294 valence electrons. The van der Waals surface area contributed by atoms with Crippen molar-refractivity contribution in [1.82, 2.24) is 9.13 Å². The van der Waals surface area contributed by atoms with Gasteiger partial charge in [0.25, 0.3) is 0 Å². The first-order valence-electron chi connectivity index (χ1n) is 21.3. The smallest absolute Gasteiger partial charge is 0.220 e. The van der Waals surface area contributed by atoms with E-state index in [0.29, 0.717) is 16.8 Å². The molecule has 6 heteroatoms. The SMILES string of the molecule is [C-]#[N+]c1c(-c2ccccc2)c(C#N)c(-n2c3cccc4ccc5cccc2c5c43)c(-c2ccccc2)c1-n1c2c(ccc3c4ccccc4sc32)c2ccc3c4ccccc4sc3c21. The topological polar surface area (TPSA) is 38.0 Å². The van der Waals surface area contributed by atoms with E-state index >= 15 is 0 Å². The van der Waals surface area contributed by atoms with E-state index in [1.54, 1.807) is 22.7 Å². The molecule has 64 heavy (non-hydrogen) atoms. The Labute approximate surface area is 374 Å². The zero-order valence-electron chi connectivity index (χ0n) is 33.9. The second kappa shape index (κ2) is 13.1. The number of rotatable bonds is 4. The van der Waals surface area contributed by atoms with Gasteiger partial charge in [-0.25, -0.2) is 4.85 Å². The van der Waals surface area contributed by atoms with E-state index in [1.807, 2.05) is 36.4 Å². The first kappa shape index (κ1) is 35.3. The second-order valence-electron chi connectivity index (χ2n) is 16.5. The Morgan fingerprint density at radius 2 is 0.922 bits per heavy atom. The van der Waals surface area contributed by atoms with Gasteiger partial charge >= 0.3 is 0 Å². The third kappa shape index (κ3) is 4.58. The lowest BCUT2D eigenvalue weighted by molar-refractivity contribution is 1.14. The normalized spacial score (nSPS) is 12.0. The zero-order valence-corrected chi connectivity index (χ0v) is 35.6. The third-order valence-corrected chi connectivity index (χ3v) is 15.7. The molecular formula is C58H30N4S2. The van der Waals surface area contributed by atoms with Crippen molar-refractivity contribution >= 4 is 123 Å². The van der Waals surface area contributed by atoms with Crippen molar-refractivity contribution < 1.29 is 0 Å². The number of hydrogen-bond donors (Lipinski definition) is 0. The molecule has 0 fully saturated rings. The quantitative estimate of drug-likeness (QED) is 0.128. The van der Waals surface area contributed by atoms with E-state index in [-0.39, 0.29) is 0 Å². The molecule has 0 saturated carbocycles. The van der Waals surface area contributed by atoms with Crippen LogP contribution >= 0.6 is 22.7 Å². The van der Waals surface area contributed by atoms with Gasteiger partial charge in [0.1, 0.15) is 6.07 Å². The van der Waals surface area contributed by atoms with Crippen LogP contribution in [0.25, 0.3) is 133 Å². The summed E-state index contributed by atoms with van der Waals surface area (Å²) in [4.78, 5) is 4.61. The minimum atomic E-state index is 0.438. The number of nitriles is 1. The molecule has 4 heterocycles. The summed E-state index contributed by atoms with van der Waals surface area (Å²) < 4.78 is 9.52. The van der Waals surface area contributed by atoms with Gasteiger partial charge < -0.3 is 9.13 Å². The fourth-order valence-corrected chi connectivity index (χ4v) is 13.2. The fraction of sp³-hybridized carbons (Fsp3) is 0. The van der Waals surface area contributed by atoms with Crippen LogP contribution in [0.2, 0.25) is 0 Å². The molecule has 0 aliphatic rings. The molecule has 4 nitrogen and oxygen atoms in total. The molecule has 0 aliphatic carbocycles. The van der Waals surface area contributed by atoms with Gasteiger partial charge in [0, 0.05) is 63.6 Å². The van der Waals surface area contributed by atoms with Gasteiger partial charge in [-0.2, -0.15) is 5.26 Å². The summed E-state index contributed by atoms with van der Waals surface area (Å²) in [6, 6.07) is 67.1. The Morgan fingerprint density at radius 1 is 0.438 bits per heavy atom. The van der Waals surface area contributed by atoms with Crippen LogP contribution in [0.5, 0.6) is 0 Å². The summed E-state index contributed by atoms with van der Waals surface area (Å²) in [7, 11) is 0. The lowest BCUT2D eigenvalue weighted by atomic mass is 9.88. The number of hydrogen-bond acceptors (Lipinski definition) is 3. The molecule has 14 rings (SSSR count). The van der Waals surface area contributed by atoms with Gasteiger partial charge in [-0.3, -0.25) is 0 Å². The van der Waals surface area contributed by atoms with Crippen LogP contribution in [0, 0.1) is 17.9 Å². The lowest BCUT2D eigenvalue weighted by Crippen LogP contribution is -2.08. The summed E-state index contributed by atoms with van der Waals surface area (Å²) in [6.45, 7) is 9.39. The minimum absolute atomic E-state index is 0.438. The molecule has 0 bridgehead atoms. The number of thiophene rings is 2. The van der Waals surface area contributed by atoms with E-state index in [9.17, 15) is 11.8 Å². The fourth-order valence-electron chi connectivity index (χ4n) is 10.8. The highest BCUT2D eigenvalue weighted by molar-refractivity contribution is 7.27. The first-order chi connectivity index (χ1) is 31.7. The van der Waals surface area contributed by atoms with Crippen molar-refractivity contribution in [3.05, 3.63) is 199 Å². The van der Waals surface area contributed by atoms with Gasteiger partial charge in [-0.1, -0.05) is 158 Å². The highest BCUT2D eigenvalue weighted by atomic mass is 32.1. The Morgan fingerprint density at radius 3 is 1.44 bits per heavy atom. The molecule has 10 aromatic carbocycles. The number of nitrogens with zero attached hydrogens (tertiary/aromatic N) is 4. The van der Waals surface area contributed by atoms with Crippen molar-refractivity contribution in [2.75, 3.05) is 0 Å². The van der Waals surface area contributed by atoms with E-state index < -0.39 is 0 Å². The Balaban J connectivity index is 1.32. The summed E-state index contributed by atoms with van der Waals surface area (Å²) in [5.74, 6) is 0. The summed E-state index contributed by atoms with van der Waals surface area (Å²) >= 11 is 3.61. The standard InChI is InChI=1S/C58H30N4S2/c1-60-52-48(33-14-4-2-5-15-33)43(32-59)53(61-44-22-12-18-35-26-27-36-19-13-23-45(61)50(36)49(35)44)51(34-16-6-3-7-17-34)56(52)62-54-39(28-30-41-37-20-8-10-24-46(37)63-57(41)54)40-29-31-42-38-21-9-11-25-47(38)64-58(42)55(40)62/h2-31H. The maximum Gasteiger partial charge on any atom is 0.220 e. The number of benzene rings is 10. The molecule has 0 spiro atoms. The van der Waals surface area contributed by atoms with Crippen LogP contribution in [-0.4, -0.2) is 9.13 Å². The highest BCUT2D eigenvalue weighted by Gasteiger charge is 2.33. The van der Waals surface area contributed by atoms with Gasteiger partial charge in [0.2, 0.25) is 5.69 Å². The Hall–Kier alpha value is -8.26. The van der Waals surface area contributed by atoms with Crippen LogP contribution in [0.3, 0.4) is 0 Å². The van der Waals surface area contributed by atoms with Crippen molar-refractivity contribution in [3.63, 3.8) is 0 Å². The lowest BCUT2D eigenvalue weighted by Gasteiger charge is -2.26. The molecular weight excluding hydrogens is 817 g/mol. The predicted molar refractivity (Wildman–Crippen MR) is 271 cm³/mol. The van der Waals surface area contributed by atoms with Gasteiger partial charge in [0.15, 0.2) is 0 Å². The monoisotopic (exact) mass is 846 g/mol. The Bertz CT molecular complexity index is 4180. The molecule has 0 unspecified atom stereocenters. The Kier molecular flexibility index (Phi) is 7.25. The maximum atomic E-state index is 11.8. The van der Waals surface area contributed by atoms with Gasteiger partial charge in [0.05, 0.1) is 55.0 Å². The molecule has 0 atom stereocenters. The van der Waals surface area contributed by atoms with E-state index in [4.69, 9.17) is 0 Å². The van der Waals surface area contributed by atoms with Gasteiger partial charge in [-0.15, -0.1) is 22.7 Å². The second-order valence-corrected chi connectivity index (χ2v) is 18.6. The van der Waals surface area contributed by atoms with Crippen LogP contribution in [-0.2, 0) is 0 Å². The number of fused-ring (bicyclic) bond motifs is 11. The largest absolute Gasteiger partial charge is 0.316 e. The molecule has 0 radical (unpaired) electrons. The van der Waals surface area contributed by atoms with Crippen molar-refractivity contribution in [2.24, 2.45) is 0 Å². The molecule has 0 saturated heterocycles. The molecule has 0 N–H and O–H groups in total. The molecule has 4 aromatic heterocycles. The predicted octanol–water partition coefficient (Wildman–Crippen LogP) is 17.0. The minimum Gasteiger partial charge on any atom is -0.316 e. The molecule has 0 amide bonds. The van der Waals surface area contributed by atoms with E-state index in [1.165, 1.54) is 30.9 Å². The van der Waals surface area contributed by atoms with Crippen LogP contribution in [0.1, 0.15) is 5.56 Å². The van der Waals surface area contributed by atoms with Crippen molar-refractivity contribution in [2.45, 2.75) is 0 Å². The average molecular weight is 847 g/mol. The summed E-state index contributed by atoms with van der Waals surface area (Å²) in [5.41, 5.74) is 9.76. The maximum absolute atomic E-state index is 11.8. The highest BCUT2D eigenvalue weighted by Crippen LogP contribution is 2.55. The average Bonchev–Trinajstić information content (AvgIpc) is 4.11. The van der Waals surface area contributed by atoms with Crippen LogP contribution in [0.15, 0.2) is 182 Å². The molecule has 14 aromatic rings. The van der Waals surface area contributed by atoms with Crippen molar-refractivity contribution in [1.29, 1.82) is 5.26 Å². The number of aromatic nitrogens is 2. The van der Waals surface area contributed by atoms with Crippen LogP contribution in [0.4, 0.5) is 5.69 Å². The molecule has 0 aliphatic heterocycles. The van der Waals surface area contributed by atoms with Gasteiger partial charge in [-0.05, 0) is 46.2 Å². The van der Waals surface area contributed by atoms with Crippen molar-refractivity contribution in [3.8, 4) is 39.7 Å². The van der Waals surface area contributed by atoms with E-state index in [0.717, 1.165) is 91.8 Å².